The molecule has 0 bridgehead atoms. The van der Waals surface area contributed by atoms with E-state index in [9.17, 15) is 11.0 Å². The number of anilines is 2. The summed E-state index contributed by atoms with van der Waals surface area (Å²) in [4.78, 5) is 4.45. The van der Waals surface area contributed by atoms with Crippen LogP contribution in [0.15, 0.2) is 84.8 Å². The van der Waals surface area contributed by atoms with E-state index in [2.05, 4.69) is 45.0 Å². The van der Waals surface area contributed by atoms with Gasteiger partial charge in [-0.2, -0.15) is 10.8 Å². The van der Waals surface area contributed by atoms with E-state index in [1.165, 1.54) is 18.3 Å². The number of nitrogens with zero attached hydrogens (tertiary/aromatic N) is 2. The largest absolute Gasteiger partial charge is 0.377 e. The molecule has 0 unspecified atom stereocenters. The maximum atomic E-state index is 13.7. The van der Waals surface area contributed by atoms with Gasteiger partial charge in [-0.25, -0.2) is 4.39 Å². The molecular formula is C28H25ClFN7. The third kappa shape index (κ3) is 5.14. The Balaban J connectivity index is 1.61. The molecule has 0 amide bonds. The molecule has 2 atom stereocenters. The molecule has 3 aromatic carbocycles. The minimum atomic E-state index is -1.54. The number of benzene rings is 3. The monoisotopic (exact) mass is 514 g/mol. The van der Waals surface area contributed by atoms with Crippen LogP contribution in [0.5, 0.6) is 0 Å². The van der Waals surface area contributed by atoms with E-state index in [1.54, 1.807) is 24.4 Å². The summed E-state index contributed by atoms with van der Waals surface area (Å²) in [5.41, 5.74) is 12.6. The summed E-state index contributed by atoms with van der Waals surface area (Å²) in [6.07, 6.45) is 3.91. The lowest BCUT2D eigenvalue weighted by Gasteiger charge is -2.23. The van der Waals surface area contributed by atoms with Gasteiger partial charge >= 0.3 is 0 Å². The number of hydrazine groups is 2. The molecule has 0 fully saturated rings. The molecule has 9 heteroatoms. The van der Waals surface area contributed by atoms with Crippen molar-refractivity contribution in [1.29, 1.82) is 5.26 Å². The molecule has 186 valence electrons. The summed E-state index contributed by atoms with van der Waals surface area (Å²) in [5.74, 6) is -0.399. The number of hydrogen-bond acceptors (Lipinski definition) is 7. The Morgan fingerprint density at radius 3 is 2.57 bits per heavy atom. The van der Waals surface area contributed by atoms with E-state index in [-0.39, 0.29) is 6.04 Å². The highest BCUT2D eigenvalue weighted by Crippen LogP contribution is 2.37. The smallest absolute Gasteiger partial charge is 0.123 e. The SMILES string of the molecule is [2H][C@](Nc1cc(Cl)c2ncc(C#N)c(N[C@H](CC)c3ccccc3)c2c1)(C1=CNNN1)c1ccc(F)cc1. The predicted octanol–water partition coefficient (Wildman–Crippen LogP) is 6.07. The van der Waals surface area contributed by atoms with Gasteiger partial charge in [-0.15, -0.1) is 0 Å². The lowest BCUT2D eigenvalue weighted by molar-refractivity contribution is 0.582. The minimum absolute atomic E-state index is 0.0521. The zero-order chi connectivity index (χ0) is 26.7. The Kier molecular flexibility index (Phi) is 6.71. The average Bonchev–Trinajstić information content (AvgIpc) is 3.48. The van der Waals surface area contributed by atoms with Crippen molar-refractivity contribution in [3.8, 4) is 6.07 Å². The van der Waals surface area contributed by atoms with Gasteiger partial charge in [-0.3, -0.25) is 4.98 Å². The zero-order valence-electron chi connectivity index (χ0n) is 20.9. The second-order valence-electron chi connectivity index (χ2n) is 8.49. The quantitative estimate of drug-likeness (QED) is 0.195. The van der Waals surface area contributed by atoms with Crippen LogP contribution in [0.2, 0.25) is 5.02 Å². The van der Waals surface area contributed by atoms with Crippen molar-refractivity contribution in [2.24, 2.45) is 0 Å². The second-order valence-corrected chi connectivity index (χ2v) is 8.90. The molecular weight excluding hydrogens is 489 g/mol. The van der Waals surface area contributed by atoms with Crippen LogP contribution in [0.1, 0.15) is 43.5 Å². The van der Waals surface area contributed by atoms with Crippen LogP contribution in [0.25, 0.3) is 10.9 Å². The van der Waals surface area contributed by atoms with Gasteiger partial charge in [0.25, 0.3) is 0 Å². The highest BCUT2D eigenvalue weighted by molar-refractivity contribution is 6.35. The Morgan fingerprint density at radius 2 is 1.89 bits per heavy atom. The molecule has 0 saturated carbocycles. The first-order valence-corrected chi connectivity index (χ1v) is 12.2. The van der Waals surface area contributed by atoms with Crippen molar-refractivity contribution in [1.82, 2.24) is 21.4 Å². The van der Waals surface area contributed by atoms with Crippen LogP contribution >= 0.6 is 11.6 Å². The van der Waals surface area contributed by atoms with E-state index < -0.39 is 11.8 Å². The first-order chi connectivity index (χ1) is 18.4. The zero-order valence-corrected chi connectivity index (χ0v) is 20.7. The van der Waals surface area contributed by atoms with Crippen molar-refractivity contribution >= 4 is 33.9 Å². The maximum Gasteiger partial charge on any atom is 0.123 e. The number of halogens is 2. The molecule has 1 aliphatic heterocycles. The number of nitriles is 1. The number of aromatic nitrogens is 1. The molecule has 2 heterocycles. The Bertz CT molecular complexity index is 1540. The number of pyridine rings is 1. The first kappa shape index (κ1) is 23.1. The minimum Gasteiger partial charge on any atom is -0.377 e. The summed E-state index contributed by atoms with van der Waals surface area (Å²) in [6, 6.07) is 19.9. The van der Waals surface area contributed by atoms with Crippen molar-refractivity contribution in [2.75, 3.05) is 10.6 Å². The van der Waals surface area contributed by atoms with Crippen LogP contribution in [0.4, 0.5) is 15.8 Å². The molecule has 1 aromatic heterocycles. The van der Waals surface area contributed by atoms with E-state index in [1.807, 2.05) is 36.4 Å². The molecule has 0 spiro atoms. The predicted molar refractivity (Wildman–Crippen MR) is 145 cm³/mol. The van der Waals surface area contributed by atoms with Gasteiger partial charge in [0.05, 0.1) is 40.9 Å². The molecule has 0 aliphatic carbocycles. The Hall–Kier alpha value is -4.32. The third-order valence-corrected chi connectivity index (χ3v) is 6.42. The molecule has 0 radical (unpaired) electrons. The summed E-state index contributed by atoms with van der Waals surface area (Å²) >= 11 is 6.69. The highest BCUT2D eigenvalue weighted by atomic mass is 35.5. The van der Waals surface area contributed by atoms with Crippen LogP contribution < -0.4 is 27.0 Å². The lowest BCUT2D eigenvalue weighted by Crippen LogP contribution is -2.33. The van der Waals surface area contributed by atoms with Crippen molar-refractivity contribution < 1.29 is 5.76 Å². The molecule has 7 nitrogen and oxygen atoms in total. The van der Waals surface area contributed by atoms with Crippen LogP contribution in [-0.2, 0) is 0 Å². The Labute approximate surface area is 220 Å². The average molecular weight is 515 g/mol. The number of rotatable bonds is 8. The molecule has 5 rings (SSSR count). The highest BCUT2D eigenvalue weighted by Gasteiger charge is 2.22. The van der Waals surface area contributed by atoms with Gasteiger partial charge in [0.15, 0.2) is 0 Å². The maximum absolute atomic E-state index is 13.7. The lowest BCUT2D eigenvalue weighted by atomic mass is 10.0. The molecule has 0 saturated heterocycles. The summed E-state index contributed by atoms with van der Waals surface area (Å²) < 4.78 is 23.0. The van der Waals surface area contributed by atoms with E-state index >= 15 is 0 Å². The summed E-state index contributed by atoms with van der Waals surface area (Å²) in [6.45, 7) is 2.07. The standard InChI is InChI=1S/C28H25ClFN7/c1-2-24(17-6-4-3-5-7-17)35-26-19(14-31)15-32-28-22(26)12-21(13-23(28)29)34-27(25-16-33-37-36-25)18-8-10-20(30)11-9-18/h3-13,15-16,24,27,33-34,36-37H,2H2,1H3,(H,32,35)/t24-,27-/m1/s1/i27D. The number of fused-ring (bicyclic) bond motifs is 1. The van der Waals surface area contributed by atoms with E-state index in [0.29, 0.717) is 44.1 Å². The molecule has 4 aromatic rings. The fourth-order valence-corrected chi connectivity index (χ4v) is 4.56. The fraction of sp³-hybridized carbons (Fsp3) is 0.143. The molecule has 37 heavy (non-hydrogen) atoms. The van der Waals surface area contributed by atoms with Crippen LogP contribution in [0, 0.1) is 17.1 Å². The number of hydrogen-bond donors (Lipinski definition) is 5. The first-order valence-electron chi connectivity index (χ1n) is 12.3. The third-order valence-electron chi connectivity index (χ3n) is 6.13. The topological polar surface area (TPSA) is 96.8 Å². The van der Waals surface area contributed by atoms with Crippen molar-refractivity contribution in [3.05, 3.63) is 112 Å². The van der Waals surface area contributed by atoms with Gasteiger partial charge in [-0.1, -0.05) is 61.0 Å². The van der Waals surface area contributed by atoms with Gasteiger partial charge in [0, 0.05) is 23.5 Å². The van der Waals surface area contributed by atoms with Crippen molar-refractivity contribution in [2.45, 2.75) is 25.4 Å². The summed E-state index contributed by atoms with van der Waals surface area (Å²) in [5, 5.41) is 17.7. The van der Waals surface area contributed by atoms with Crippen molar-refractivity contribution in [3.63, 3.8) is 0 Å². The Morgan fingerprint density at radius 1 is 1.11 bits per heavy atom. The van der Waals surface area contributed by atoms with Gasteiger partial charge in [0.2, 0.25) is 0 Å². The summed E-state index contributed by atoms with van der Waals surface area (Å²) in [7, 11) is 0. The number of nitrogens with one attached hydrogen (secondary N) is 5. The van der Waals surface area contributed by atoms with Crippen LogP contribution in [0.3, 0.4) is 0 Å². The second kappa shape index (κ2) is 10.7. The fourth-order valence-electron chi connectivity index (χ4n) is 4.29. The van der Waals surface area contributed by atoms with Crippen LogP contribution in [-0.4, -0.2) is 4.98 Å². The molecule has 5 N–H and O–H groups in total. The normalized spacial score (nSPS) is 15.4. The van der Waals surface area contributed by atoms with E-state index in [0.717, 1.165) is 12.0 Å². The molecule has 1 aliphatic rings. The van der Waals surface area contributed by atoms with Gasteiger partial charge < -0.3 is 21.5 Å². The van der Waals surface area contributed by atoms with E-state index in [4.69, 9.17) is 11.6 Å². The van der Waals surface area contributed by atoms with Gasteiger partial charge in [0.1, 0.15) is 11.9 Å². The van der Waals surface area contributed by atoms with Gasteiger partial charge in [-0.05, 0) is 41.8 Å².